The lowest BCUT2D eigenvalue weighted by atomic mass is 9.91. The molecule has 0 aromatic heterocycles. The molecule has 3 N–H and O–H groups in total. The van der Waals surface area contributed by atoms with Crippen molar-refractivity contribution in [3.05, 3.63) is 12.2 Å². The summed E-state index contributed by atoms with van der Waals surface area (Å²) in [5.74, 6) is -0.120. The zero-order chi connectivity index (χ0) is 11.0. The van der Waals surface area contributed by atoms with Crippen LogP contribution in [0.25, 0.3) is 0 Å². The van der Waals surface area contributed by atoms with Crippen LogP contribution in [0, 0.1) is 11.8 Å². The summed E-state index contributed by atoms with van der Waals surface area (Å²) in [6.07, 6.45) is 6.22. The standard InChI is InChI=1S/C11H21NO2/c1-3-4-5-9(2)6-10(8-12)7-11(13)14/h3-4,9-10H,5-8,12H2,1-2H3,(H,13,14)/b4-3-/t9?,10-/m0/s1. The van der Waals surface area contributed by atoms with E-state index in [1.54, 1.807) is 0 Å². The van der Waals surface area contributed by atoms with E-state index in [4.69, 9.17) is 10.8 Å². The van der Waals surface area contributed by atoms with E-state index in [2.05, 4.69) is 13.0 Å². The molecule has 0 aliphatic carbocycles. The van der Waals surface area contributed by atoms with Gasteiger partial charge in [0.15, 0.2) is 0 Å². The fourth-order valence-corrected chi connectivity index (χ4v) is 1.54. The van der Waals surface area contributed by atoms with Crippen molar-refractivity contribution in [2.75, 3.05) is 6.54 Å². The summed E-state index contributed by atoms with van der Waals surface area (Å²) in [4.78, 5) is 10.5. The van der Waals surface area contributed by atoms with E-state index in [1.807, 2.05) is 13.0 Å². The Labute approximate surface area is 86.0 Å². The van der Waals surface area contributed by atoms with Gasteiger partial charge in [0.25, 0.3) is 0 Å². The average molecular weight is 199 g/mol. The Balaban J connectivity index is 3.85. The largest absolute Gasteiger partial charge is 0.481 e. The zero-order valence-corrected chi connectivity index (χ0v) is 9.07. The Hall–Kier alpha value is -0.830. The molecule has 0 aromatic carbocycles. The Bertz CT molecular complexity index is 190. The second kappa shape index (κ2) is 7.56. The highest BCUT2D eigenvalue weighted by molar-refractivity contribution is 5.67. The van der Waals surface area contributed by atoms with Gasteiger partial charge in [-0.2, -0.15) is 0 Å². The van der Waals surface area contributed by atoms with E-state index in [9.17, 15) is 4.79 Å². The summed E-state index contributed by atoms with van der Waals surface area (Å²) >= 11 is 0. The van der Waals surface area contributed by atoms with Gasteiger partial charge >= 0.3 is 5.97 Å². The molecule has 0 aliphatic heterocycles. The Morgan fingerprint density at radius 3 is 2.64 bits per heavy atom. The highest BCUT2D eigenvalue weighted by Crippen LogP contribution is 2.17. The fraction of sp³-hybridized carbons (Fsp3) is 0.727. The van der Waals surface area contributed by atoms with Crippen LogP contribution in [0.1, 0.15) is 33.1 Å². The summed E-state index contributed by atoms with van der Waals surface area (Å²) in [5, 5.41) is 8.63. The van der Waals surface area contributed by atoms with E-state index >= 15 is 0 Å². The van der Waals surface area contributed by atoms with Crippen molar-refractivity contribution < 1.29 is 9.90 Å². The van der Waals surface area contributed by atoms with Gasteiger partial charge in [-0.15, -0.1) is 0 Å². The van der Waals surface area contributed by atoms with Crippen molar-refractivity contribution in [2.24, 2.45) is 17.6 Å². The molecule has 0 saturated carbocycles. The zero-order valence-electron chi connectivity index (χ0n) is 9.07. The van der Waals surface area contributed by atoms with Crippen LogP contribution in [0.4, 0.5) is 0 Å². The lowest BCUT2D eigenvalue weighted by molar-refractivity contribution is -0.138. The molecule has 0 fully saturated rings. The molecule has 0 heterocycles. The quantitative estimate of drug-likeness (QED) is 0.617. The van der Waals surface area contributed by atoms with Crippen LogP contribution in [0.2, 0.25) is 0 Å². The molecule has 14 heavy (non-hydrogen) atoms. The molecule has 82 valence electrons. The maximum Gasteiger partial charge on any atom is 0.303 e. The number of allylic oxidation sites excluding steroid dienone is 2. The molecule has 0 radical (unpaired) electrons. The van der Waals surface area contributed by atoms with E-state index in [1.165, 1.54) is 0 Å². The molecular formula is C11H21NO2. The number of carboxylic acids is 1. The lowest BCUT2D eigenvalue weighted by Gasteiger charge is -2.16. The van der Waals surface area contributed by atoms with Gasteiger partial charge in [0.05, 0.1) is 0 Å². The van der Waals surface area contributed by atoms with Crippen LogP contribution in [-0.4, -0.2) is 17.6 Å². The first-order valence-corrected chi connectivity index (χ1v) is 5.13. The number of nitrogens with two attached hydrogens (primary N) is 1. The van der Waals surface area contributed by atoms with Crippen LogP contribution < -0.4 is 5.73 Å². The van der Waals surface area contributed by atoms with Crippen LogP contribution >= 0.6 is 0 Å². The predicted molar refractivity (Wildman–Crippen MR) is 58.0 cm³/mol. The first-order chi connectivity index (χ1) is 6.60. The molecule has 2 atom stereocenters. The molecule has 0 aliphatic rings. The second-order valence-corrected chi connectivity index (χ2v) is 3.85. The van der Waals surface area contributed by atoms with E-state index < -0.39 is 5.97 Å². The first kappa shape index (κ1) is 13.2. The van der Waals surface area contributed by atoms with Gasteiger partial charge in [-0.05, 0) is 38.1 Å². The average Bonchev–Trinajstić information content (AvgIpc) is 2.12. The maximum absolute atomic E-state index is 10.5. The van der Waals surface area contributed by atoms with Crippen LogP contribution in [-0.2, 0) is 4.79 Å². The lowest BCUT2D eigenvalue weighted by Crippen LogP contribution is -2.20. The third-order valence-electron chi connectivity index (χ3n) is 2.31. The highest BCUT2D eigenvalue weighted by Gasteiger charge is 2.14. The molecule has 0 bridgehead atoms. The summed E-state index contributed by atoms with van der Waals surface area (Å²) in [6.45, 7) is 4.58. The molecule has 0 aromatic rings. The van der Waals surface area contributed by atoms with Gasteiger partial charge in [0.1, 0.15) is 0 Å². The summed E-state index contributed by atoms with van der Waals surface area (Å²) in [6, 6.07) is 0. The first-order valence-electron chi connectivity index (χ1n) is 5.13. The van der Waals surface area contributed by atoms with Crippen molar-refractivity contribution in [1.29, 1.82) is 0 Å². The van der Waals surface area contributed by atoms with Crippen LogP contribution in [0.5, 0.6) is 0 Å². The van der Waals surface area contributed by atoms with Crippen molar-refractivity contribution in [1.82, 2.24) is 0 Å². The summed E-state index contributed by atoms with van der Waals surface area (Å²) in [7, 11) is 0. The van der Waals surface area contributed by atoms with E-state index in [-0.39, 0.29) is 12.3 Å². The van der Waals surface area contributed by atoms with Crippen molar-refractivity contribution in [3.63, 3.8) is 0 Å². The molecule has 3 heteroatoms. The van der Waals surface area contributed by atoms with Crippen molar-refractivity contribution >= 4 is 5.97 Å². The Morgan fingerprint density at radius 1 is 1.57 bits per heavy atom. The minimum absolute atomic E-state index is 0.118. The molecule has 0 saturated heterocycles. The van der Waals surface area contributed by atoms with Crippen LogP contribution in [0.3, 0.4) is 0 Å². The summed E-state index contributed by atoms with van der Waals surface area (Å²) < 4.78 is 0. The number of carboxylic acid groups (broad SMARTS) is 1. The topological polar surface area (TPSA) is 63.3 Å². The second-order valence-electron chi connectivity index (χ2n) is 3.85. The molecular weight excluding hydrogens is 178 g/mol. The molecule has 3 nitrogen and oxygen atoms in total. The third kappa shape index (κ3) is 6.66. The van der Waals surface area contributed by atoms with Crippen LogP contribution in [0.15, 0.2) is 12.2 Å². The van der Waals surface area contributed by atoms with E-state index in [0.717, 1.165) is 12.8 Å². The highest BCUT2D eigenvalue weighted by atomic mass is 16.4. The molecule has 0 amide bonds. The van der Waals surface area contributed by atoms with Gasteiger partial charge in [-0.3, -0.25) is 4.79 Å². The van der Waals surface area contributed by atoms with E-state index in [0.29, 0.717) is 12.5 Å². The van der Waals surface area contributed by atoms with Gasteiger partial charge in [0, 0.05) is 6.42 Å². The molecule has 1 unspecified atom stereocenters. The SMILES string of the molecule is C/C=C\CC(C)C[C@H](CN)CC(=O)O. The minimum Gasteiger partial charge on any atom is -0.481 e. The van der Waals surface area contributed by atoms with Crippen molar-refractivity contribution in [3.8, 4) is 0 Å². The minimum atomic E-state index is -0.751. The summed E-state index contributed by atoms with van der Waals surface area (Å²) in [5.41, 5.74) is 5.52. The Morgan fingerprint density at radius 2 is 2.21 bits per heavy atom. The fourth-order valence-electron chi connectivity index (χ4n) is 1.54. The predicted octanol–water partition coefficient (Wildman–Crippen LogP) is 2.03. The number of aliphatic carboxylic acids is 1. The number of hydrogen-bond acceptors (Lipinski definition) is 2. The van der Waals surface area contributed by atoms with Gasteiger partial charge < -0.3 is 10.8 Å². The maximum atomic E-state index is 10.5. The number of rotatable bonds is 7. The normalized spacial score (nSPS) is 15.6. The van der Waals surface area contributed by atoms with Crippen molar-refractivity contribution in [2.45, 2.75) is 33.1 Å². The number of hydrogen-bond donors (Lipinski definition) is 2. The monoisotopic (exact) mass is 199 g/mol. The smallest absolute Gasteiger partial charge is 0.303 e. The van der Waals surface area contributed by atoms with Gasteiger partial charge in [0.2, 0.25) is 0 Å². The number of carbonyl (C=O) groups is 1. The van der Waals surface area contributed by atoms with Gasteiger partial charge in [-0.1, -0.05) is 19.1 Å². The molecule has 0 spiro atoms. The van der Waals surface area contributed by atoms with Gasteiger partial charge in [-0.25, -0.2) is 0 Å². The Kier molecular flexibility index (Phi) is 7.11. The third-order valence-corrected chi connectivity index (χ3v) is 2.31. The molecule has 0 rings (SSSR count).